The molecule has 0 radical (unpaired) electrons. The molecule has 174 valence electrons. The second-order valence-electron chi connectivity index (χ2n) is 7.89. The van der Waals surface area contributed by atoms with Crippen LogP contribution < -0.4 is 15.5 Å². The second kappa shape index (κ2) is 10.5. The van der Waals surface area contributed by atoms with Gasteiger partial charge in [0.05, 0.1) is 27.2 Å². The van der Waals surface area contributed by atoms with Crippen molar-refractivity contribution in [2.75, 3.05) is 54.9 Å². The van der Waals surface area contributed by atoms with Crippen molar-refractivity contribution in [1.82, 2.24) is 14.9 Å². The standard InChI is InChI=1S/C23H27ClN6O2S/c1-15-4-3-5-17(24)22(15)28-23(32)18-6-7-21(33-18)27-19-14-20(26-16(2)25-19)30-10-8-29(9-11-30)12-13-31/h3-7,14,31H,8-13H2,1-2H3,(H,28,32)(H,25,26,27). The van der Waals surface area contributed by atoms with E-state index in [0.717, 1.165) is 42.6 Å². The van der Waals surface area contributed by atoms with E-state index in [1.54, 1.807) is 12.1 Å². The van der Waals surface area contributed by atoms with Crippen LogP contribution in [0.4, 0.5) is 22.3 Å². The summed E-state index contributed by atoms with van der Waals surface area (Å²) in [5.41, 5.74) is 1.54. The molecule has 8 nitrogen and oxygen atoms in total. The molecular formula is C23H27ClN6O2S. The van der Waals surface area contributed by atoms with Crippen LogP contribution in [0, 0.1) is 13.8 Å². The minimum absolute atomic E-state index is 0.180. The Morgan fingerprint density at radius 3 is 2.67 bits per heavy atom. The third-order valence-corrected chi connectivity index (χ3v) is 6.79. The number of hydrogen-bond acceptors (Lipinski definition) is 8. The van der Waals surface area contributed by atoms with Gasteiger partial charge in [0.15, 0.2) is 0 Å². The highest BCUT2D eigenvalue weighted by atomic mass is 35.5. The van der Waals surface area contributed by atoms with Gasteiger partial charge in [-0.25, -0.2) is 9.97 Å². The number of carbonyl (C=O) groups excluding carboxylic acids is 1. The molecular weight excluding hydrogens is 460 g/mol. The molecule has 1 fully saturated rings. The van der Waals surface area contributed by atoms with Gasteiger partial charge in [-0.05, 0) is 37.6 Å². The van der Waals surface area contributed by atoms with Gasteiger partial charge < -0.3 is 20.6 Å². The second-order valence-corrected chi connectivity index (χ2v) is 9.38. The molecule has 1 aromatic carbocycles. The van der Waals surface area contributed by atoms with Crippen LogP contribution in [-0.2, 0) is 0 Å². The van der Waals surface area contributed by atoms with Crippen molar-refractivity contribution >= 4 is 51.2 Å². The van der Waals surface area contributed by atoms with Gasteiger partial charge in [-0.2, -0.15) is 0 Å². The van der Waals surface area contributed by atoms with Crippen LogP contribution in [0.5, 0.6) is 0 Å². The molecule has 1 aliphatic rings. The summed E-state index contributed by atoms with van der Waals surface area (Å²) in [6.07, 6.45) is 0. The normalized spacial score (nSPS) is 14.4. The van der Waals surface area contributed by atoms with E-state index < -0.39 is 0 Å². The summed E-state index contributed by atoms with van der Waals surface area (Å²) in [7, 11) is 0. The minimum Gasteiger partial charge on any atom is -0.395 e. The number of piperazine rings is 1. The lowest BCUT2D eigenvalue weighted by atomic mass is 10.2. The number of aryl methyl sites for hydroxylation is 2. The molecule has 3 N–H and O–H groups in total. The molecule has 1 amide bonds. The lowest BCUT2D eigenvalue weighted by Gasteiger charge is -2.35. The Morgan fingerprint density at radius 1 is 1.15 bits per heavy atom. The molecule has 0 unspecified atom stereocenters. The Balaban J connectivity index is 1.43. The summed E-state index contributed by atoms with van der Waals surface area (Å²) in [6.45, 7) is 8.14. The first kappa shape index (κ1) is 23.4. The average Bonchev–Trinajstić information content (AvgIpc) is 3.25. The highest BCUT2D eigenvalue weighted by molar-refractivity contribution is 7.18. The molecule has 3 heterocycles. The number of halogens is 1. The number of nitrogens with zero attached hydrogens (tertiary/aromatic N) is 4. The molecule has 2 aromatic heterocycles. The summed E-state index contributed by atoms with van der Waals surface area (Å²) >= 11 is 7.58. The summed E-state index contributed by atoms with van der Waals surface area (Å²) in [5.74, 6) is 2.03. The Hall–Kier alpha value is -2.72. The maximum Gasteiger partial charge on any atom is 0.265 e. The topological polar surface area (TPSA) is 93.6 Å². The number of carbonyl (C=O) groups is 1. The van der Waals surface area contributed by atoms with Crippen molar-refractivity contribution in [3.05, 3.63) is 57.7 Å². The lowest BCUT2D eigenvalue weighted by molar-refractivity contribution is 0.103. The van der Waals surface area contributed by atoms with E-state index in [0.29, 0.717) is 33.8 Å². The minimum atomic E-state index is -0.204. The number of amides is 1. The van der Waals surface area contributed by atoms with Gasteiger partial charge in [0.1, 0.15) is 17.5 Å². The first-order valence-electron chi connectivity index (χ1n) is 10.8. The van der Waals surface area contributed by atoms with Crippen molar-refractivity contribution in [3.63, 3.8) is 0 Å². The van der Waals surface area contributed by atoms with E-state index in [4.69, 9.17) is 16.7 Å². The largest absolute Gasteiger partial charge is 0.395 e. The zero-order chi connectivity index (χ0) is 23.4. The monoisotopic (exact) mass is 486 g/mol. The van der Waals surface area contributed by atoms with Crippen LogP contribution in [0.1, 0.15) is 21.1 Å². The fourth-order valence-corrected chi connectivity index (χ4v) is 4.82. The fourth-order valence-electron chi connectivity index (χ4n) is 3.74. The molecule has 0 bridgehead atoms. The van der Waals surface area contributed by atoms with Crippen LogP contribution >= 0.6 is 22.9 Å². The van der Waals surface area contributed by atoms with Crippen LogP contribution in [0.2, 0.25) is 5.02 Å². The zero-order valence-corrected chi connectivity index (χ0v) is 20.2. The number of para-hydroxylation sites is 1. The number of benzene rings is 1. The van der Waals surface area contributed by atoms with E-state index in [-0.39, 0.29) is 12.5 Å². The molecule has 1 saturated heterocycles. The summed E-state index contributed by atoms with van der Waals surface area (Å²) in [4.78, 5) is 26.9. The number of aliphatic hydroxyl groups is 1. The molecule has 33 heavy (non-hydrogen) atoms. The Labute approximate surface area is 202 Å². The molecule has 3 aromatic rings. The summed E-state index contributed by atoms with van der Waals surface area (Å²) in [5, 5.41) is 16.7. The number of hydrogen-bond donors (Lipinski definition) is 3. The molecule has 0 spiro atoms. The maximum absolute atomic E-state index is 12.7. The first-order valence-corrected chi connectivity index (χ1v) is 12.0. The Bertz CT molecular complexity index is 1110. The van der Waals surface area contributed by atoms with Crippen molar-refractivity contribution in [3.8, 4) is 0 Å². The number of nitrogens with one attached hydrogen (secondary N) is 2. The highest BCUT2D eigenvalue weighted by Gasteiger charge is 2.19. The molecule has 1 aliphatic heterocycles. The Morgan fingerprint density at radius 2 is 1.94 bits per heavy atom. The first-order chi connectivity index (χ1) is 15.9. The fraction of sp³-hybridized carbons (Fsp3) is 0.348. The third kappa shape index (κ3) is 5.80. The van der Waals surface area contributed by atoms with Crippen LogP contribution in [0.15, 0.2) is 36.4 Å². The zero-order valence-electron chi connectivity index (χ0n) is 18.6. The van der Waals surface area contributed by atoms with Crippen LogP contribution in [0.25, 0.3) is 0 Å². The SMILES string of the molecule is Cc1nc(Nc2ccc(C(=O)Nc3c(C)cccc3Cl)s2)cc(N2CCN(CCO)CC2)n1. The van der Waals surface area contributed by atoms with Crippen molar-refractivity contribution < 1.29 is 9.90 Å². The number of aliphatic hydroxyl groups excluding tert-OH is 1. The number of aromatic nitrogens is 2. The third-order valence-electron chi connectivity index (χ3n) is 5.48. The van der Waals surface area contributed by atoms with Gasteiger partial charge in [-0.1, -0.05) is 23.7 Å². The van der Waals surface area contributed by atoms with Crippen LogP contribution in [0.3, 0.4) is 0 Å². The van der Waals surface area contributed by atoms with E-state index in [1.807, 2.05) is 38.1 Å². The van der Waals surface area contributed by atoms with Gasteiger partial charge >= 0.3 is 0 Å². The van der Waals surface area contributed by atoms with Gasteiger partial charge in [0.2, 0.25) is 0 Å². The molecule has 0 aliphatic carbocycles. The van der Waals surface area contributed by atoms with E-state index >= 15 is 0 Å². The number of β-amino-alcohol motifs (C(OH)–C–C–N with tert-alkyl or cyclic N) is 1. The molecule has 0 saturated carbocycles. The molecule has 10 heteroatoms. The van der Waals surface area contributed by atoms with E-state index in [9.17, 15) is 4.79 Å². The van der Waals surface area contributed by atoms with Gasteiger partial charge in [-0.3, -0.25) is 9.69 Å². The maximum atomic E-state index is 12.7. The molecule has 0 atom stereocenters. The van der Waals surface area contributed by atoms with E-state index in [1.165, 1.54) is 11.3 Å². The number of anilines is 4. The Kier molecular flexibility index (Phi) is 7.44. The van der Waals surface area contributed by atoms with Crippen molar-refractivity contribution in [2.24, 2.45) is 0 Å². The lowest BCUT2D eigenvalue weighted by Crippen LogP contribution is -2.47. The molecule has 4 rings (SSSR count). The predicted molar refractivity (Wildman–Crippen MR) is 134 cm³/mol. The average molecular weight is 487 g/mol. The number of rotatable bonds is 7. The summed E-state index contributed by atoms with van der Waals surface area (Å²) < 4.78 is 0. The summed E-state index contributed by atoms with van der Waals surface area (Å²) in [6, 6.07) is 11.1. The van der Waals surface area contributed by atoms with Gasteiger partial charge in [-0.15, -0.1) is 11.3 Å². The highest BCUT2D eigenvalue weighted by Crippen LogP contribution is 2.30. The number of thiophene rings is 1. The van der Waals surface area contributed by atoms with Crippen LogP contribution in [-0.4, -0.2) is 65.2 Å². The van der Waals surface area contributed by atoms with Crippen molar-refractivity contribution in [1.29, 1.82) is 0 Å². The van der Waals surface area contributed by atoms with E-state index in [2.05, 4.69) is 30.4 Å². The smallest absolute Gasteiger partial charge is 0.265 e. The van der Waals surface area contributed by atoms with Crippen molar-refractivity contribution in [2.45, 2.75) is 13.8 Å². The van der Waals surface area contributed by atoms with Gasteiger partial charge in [0.25, 0.3) is 5.91 Å². The van der Waals surface area contributed by atoms with Gasteiger partial charge in [0, 0.05) is 38.8 Å². The quantitative estimate of drug-likeness (QED) is 0.466. The predicted octanol–water partition coefficient (Wildman–Crippen LogP) is 3.92.